The van der Waals surface area contributed by atoms with Crippen LogP contribution in [0.4, 0.5) is 5.69 Å². The van der Waals surface area contributed by atoms with Gasteiger partial charge in [-0.2, -0.15) is 0 Å². The van der Waals surface area contributed by atoms with E-state index in [-0.39, 0.29) is 6.04 Å². The van der Waals surface area contributed by atoms with Gasteiger partial charge in [-0.05, 0) is 30.7 Å². The van der Waals surface area contributed by atoms with Crippen molar-refractivity contribution in [1.29, 1.82) is 0 Å². The number of anilines is 1. The SMILES string of the molecule is Cc1ccc(NC(CN)c2ccncn2)cc1Cl. The molecule has 18 heavy (non-hydrogen) atoms. The van der Waals surface area contributed by atoms with Crippen LogP contribution in [-0.2, 0) is 0 Å². The van der Waals surface area contributed by atoms with E-state index < -0.39 is 0 Å². The Labute approximate surface area is 111 Å². The third-order valence-corrected chi connectivity index (χ3v) is 3.12. The number of hydrogen-bond acceptors (Lipinski definition) is 4. The summed E-state index contributed by atoms with van der Waals surface area (Å²) in [5.74, 6) is 0. The molecular formula is C13H15ClN4. The second-order valence-electron chi connectivity index (χ2n) is 4.03. The molecule has 0 bridgehead atoms. The van der Waals surface area contributed by atoms with Gasteiger partial charge >= 0.3 is 0 Å². The highest BCUT2D eigenvalue weighted by Crippen LogP contribution is 2.23. The lowest BCUT2D eigenvalue weighted by atomic mass is 10.1. The Hall–Kier alpha value is -1.65. The minimum atomic E-state index is -0.0493. The van der Waals surface area contributed by atoms with Gasteiger partial charge in [0.05, 0.1) is 11.7 Å². The first-order valence-electron chi connectivity index (χ1n) is 5.69. The maximum atomic E-state index is 6.09. The Balaban J connectivity index is 2.18. The Morgan fingerprint density at radius 3 is 2.83 bits per heavy atom. The van der Waals surface area contributed by atoms with Crippen molar-refractivity contribution < 1.29 is 0 Å². The third-order valence-electron chi connectivity index (χ3n) is 2.71. The Kier molecular flexibility index (Phi) is 4.12. The fraction of sp³-hybridized carbons (Fsp3) is 0.231. The zero-order chi connectivity index (χ0) is 13.0. The van der Waals surface area contributed by atoms with E-state index in [1.807, 2.05) is 31.2 Å². The molecule has 0 radical (unpaired) electrons. The maximum absolute atomic E-state index is 6.09. The number of nitrogens with two attached hydrogens (primary N) is 1. The van der Waals surface area contributed by atoms with Crippen LogP contribution in [0.2, 0.25) is 5.02 Å². The van der Waals surface area contributed by atoms with E-state index in [9.17, 15) is 0 Å². The lowest BCUT2D eigenvalue weighted by Crippen LogP contribution is -2.21. The number of rotatable bonds is 4. The van der Waals surface area contributed by atoms with Crippen LogP contribution in [0, 0.1) is 6.92 Å². The summed E-state index contributed by atoms with van der Waals surface area (Å²) >= 11 is 6.09. The van der Waals surface area contributed by atoms with Crippen LogP contribution in [0.25, 0.3) is 0 Å². The monoisotopic (exact) mass is 262 g/mol. The summed E-state index contributed by atoms with van der Waals surface area (Å²) in [6, 6.07) is 7.64. The molecular weight excluding hydrogens is 248 g/mol. The highest BCUT2D eigenvalue weighted by Gasteiger charge is 2.10. The molecule has 2 aromatic rings. The van der Waals surface area contributed by atoms with Crippen LogP contribution in [0.15, 0.2) is 36.8 Å². The summed E-state index contributed by atoms with van der Waals surface area (Å²) in [5, 5.41) is 4.05. The topological polar surface area (TPSA) is 63.8 Å². The highest BCUT2D eigenvalue weighted by atomic mass is 35.5. The van der Waals surface area contributed by atoms with Gasteiger partial charge in [-0.1, -0.05) is 17.7 Å². The van der Waals surface area contributed by atoms with E-state index in [4.69, 9.17) is 17.3 Å². The van der Waals surface area contributed by atoms with Gasteiger partial charge in [-0.25, -0.2) is 9.97 Å². The molecule has 0 aliphatic carbocycles. The molecule has 0 saturated carbocycles. The van der Waals surface area contributed by atoms with Crippen molar-refractivity contribution in [1.82, 2.24) is 9.97 Å². The van der Waals surface area contributed by atoms with Crippen LogP contribution < -0.4 is 11.1 Å². The molecule has 0 spiro atoms. The third kappa shape index (κ3) is 2.97. The summed E-state index contributed by atoms with van der Waals surface area (Å²) in [7, 11) is 0. The van der Waals surface area contributed by atoms with Crippen molar-refractivity contribution >= 4 is 17.3 Å². The fourth-order valence-electron chi connectivity index (χ4n) is 1.64. The van der Waals surface area contributed by atoms with E-state index in [1.165, 1.54) is 6.33 Å². The van der Waals surface area contributed by atoms with Crippen molar-refractivity contribution in [3.63, 3.8) is 0 Å². The summed E-state index contributed by atoms with van der Waals surface area (Å²) < 4.78 is 0. The predicted octanol–water partition coefficient (Wildman–Crippen LogP) is 2.55. The van der Waals surface area contributed by atoms with E-state index in [2.05, 4.69) is 15.3 Å². The van der Waals surface area contributed by atoms with Crippen molar-refractivity contribution in [2.75, 3.05) is 11.9 Å². The molecule has 0 saturated heterocycles. The first-order valence-corrected chi connectivity index (χ1v) is 6.07. The van der Waals surface area contributed by atoms with Gasteiger partial charge in [0, 0.05) is 23.5 Å². The number of nitrogens with zero attached hydrogens (tertiary/aromatic N) is 2. The molecule has 94 valence electrons. The van der Waals surface area contributed by atoms with Crippen LogP contribution in [0.1, 0.15) is 17.3 Å². The first-order chi connectivity index (χ1) is 8.70. The predicted molar refractivity (Wildman–Crippen MR) is 73.6 cm³/mol. The Morgan fingerprint density at radius 2 is 2.22 bits per heavy atom. The number of aryl methyl sites for hydroxylation is 1. The van der Waals surface area contributed by atoms with Crippen molar-refractivity contribution in [2.45, 2.75) is 13.0 Å². The zero-order valence-corrected chi connectivity index (χ0v) is 10.9. The van der Waals surface area contributed by atoms with Gasteiger partial charge < -0.3 is 11.1 Å². The van der Waals surface area contributed by atoms with Gasteiger partial charge in [-0.15, -0.1) is 0 Å². The van der Waals surface area contributed by atoms with Gasteiger partial charge in [0.2, 0.25) is 0 Å². The van der Waals surface area contributed by atoms with Gasteiger partial charge in [0.1, 0.15) is 6.33 Å². The Bertz CT molecular complexity index is 516. The minimum absolute atomic E-state index is 0.0493. The number of benzene rings is 1. The molecule has 0 amide bonds. The Morgan fingerprint density at radius 1 is 1.39 bits per heavy atom. The van der Waals surface area contributed by atoms with Crippen molar-refractivity contribution in [2.24, 2.45) is 5.73 Å². The number of aromatic nitrogens is 2. The lowest BCUT2D eigenvalue weighted by Gasteiger charge is -2.17. The van der Waals surface area contributed by atoms with Gasteiger partial charge in [-0.3, -0.25) is 0 Å². The van der Waals surface area contributed by atoms with Crippen LogP contribution >= 0.6 is 11.6 Å². The number of halogens is 1. The van der Waals surface area contributed by atoms with Gasteiger partial charge in [0.15, 0.2) is 0 Å². The van der Waals surface area contributed by atoms with Crippen LogP contribution in [0.3, 0.4) is 0 Å². The second kappa shape index (κ2) is 5.80. The lowest BCUT2D eigenvalue weighted by molar-refractivity contribution is 0.755. The maximum Gasteiger partial charge on any atom is 0.115 e. The molecule has 1 aromatic carbocycles. The summed E-state index contributed by atoms with van der Waals surface area (Å²) in [6.07, 6.45) is 3.22. The number of nitrogens with one attached hydrogen (secondary N) is 1. The molecule has 1 aromatic heterocycles. The molecule has 0 aliphatic heterocycles. The van der Waals surface area contributed by atoms with E-state index in [0.29, 0.717) is 6.54 Å². The van der Waals surface area contributed by atoms with Crippen LogP contribution in [0.5, 0.6) is 0 Å². The molecule has 5 heteroatoms. The molecule has 3 N–H and O–H groups in total. The average molecular weight is 263 g/mol. The fourth-order valence-corrected chi connectivity index (χ4v) is 1.83. The summed E-state index contributed by atoms with van der Waals surface area (Å²) in [4.78, 5) is 8.09. The smallest absolute Gasteiger partial charge is 0.115 e. The quantitative estimate of drug-likeness (QED) is 0.889. The zero-order valence-electron chi connectivity index (χ0n) is 10.1. The standard InChI is InChI=1S/C13H15ClN4/c1-9-2-3-10(6-11(9)14)18-13(7-15)12-4-5-16-8-17-12/h2-6,8,13,18H,7,15H2,1H3. The molecule has 1 unspecified atom stereocenters. The molecule has 1 atom stereocenters. The molecule has 0 aliphatic rings. The van der Waals surface area contributed by atoms with E-state index in [0.717, 1.165) is 22.0 Å². The second-order valence-corrected chi connectivity index (χ2v) is 4.44. The molecule has 1 heterocycles. The van der Waals surface area contributed by atoms with Crippen molar-refractivity contribution in [3.05, 3.63) is 53.1 Å². The van der Waals surface area contributed by atoms with E-state index >= 15 is 0 Å². The molecule has 2 rings (SSSR count). The minimum Gasteiger partial charge on any atom is -0.375 e. The van der Waals surface area contributed by atoms with Gasteiger partial charge in [0.25, 0.3) is 0 Å². The van der Waals surface area contributed by atoms with E-state index in [1.54, 1.807) is 6.20 Å². The normalized spacial score (nSPS) is 12.2. The highest BCUT2D eigenvalue weighted by molar-refractivity contribution is 6.31. The molecule has 0 fully saturated rings. The van der Waals surface area contributed by atoms with Crippen LogP contribution in [-0.4, -0.2) is 16.5 Å². The molecule has 4 nitrogen and oxygen atoms in total. The summed E-state index contributed by atoms with van der Waals surface area (Å²) in [5.41, 5.74) is 8.61. The average Bonchev–Trinajstić information content (AvgIpc) is 2.41. The van der Waals surface area contributed by atoms with Crippen molar-refractivity contribution in [3.8, 4) is 0 Å². The summed E-state index contributed by atoms with van der Waals surface area (Å²) in [6.45, 7) is 2.42. The number of hydrogen-bond donors (Lipinski definition) is 2. The largest absolute Gasteiger partial charge is 0.375 e. The first kappa shape index (κ1) is 12.8.